The molecule has 2 aliphatic heterocycles. The summed E-state index contributed by atoms with van der Waals surface area (Å²) in [6.45, 7) is 4.45. The molecule has 1 aromatic heterocycles. The molecule has 0 spiro atoms. The van der Waals surface area contributed by atoms with E-state index in [0.717, 1.165) is 28.0 Å². The summed E-state index contributed by atoms with van der Waals surface area (Å²) in [6, 6.07) is 15.3. The van der Waals surface area contributed by atoms with Gasteiger partial charge < -0.3 is 25.6 Å². The minimum absolute atomic E-state index is 0.133. The third-order valence-electron chi connectivity index (χ3n) is 7.68. The Labute approximate surface area is 250 Å². The first kappa shape index (κ1) is 30.1. The molecule has 5 rings (SSSR count). The van der Waals surface area contributed by atoms with Gasteiger partial charge in [0.2, 0.25) is 17.7 Å². The molecule has 0 unspecified atom stereocenters. The number of ether oxygens (including phenoxy) is 1. The van der Waals surface area contributed by atoms with Crippen LogP contribution in [0.15, 0.2) is 54.6 Å². The molecule has 2 saturated heterocycles. The fourth-order valence-electron chi connectivity index (χ4n) is 5.38. The Morgan fingerprint density at radius 3 is 2.35 bits per heavy atom. The molecule has 2 fully saturated rings. The standard InChI is InChI=1S/C31H37N7O5/c1-19-26(35-24-12-8-7-11-23(24)33-19)16-38-15-22-14-32-29(40)20(2)34-28(39)18-37(3)31(42)25(13-21-9-5-4-6-10-21)36-30(41)27(17-38)43-22/h4-12,20,22,25,27H,13-18H2,1-3H3,(H,32,40)(H,34,39)(H,36,41)/t20-,22+,25-,27-/m1/s1. The lowest BCUT2D eigenvalue weighted by Crippen LogP contribution is -2.58. The Hall–Kier alpha value is -4.42. The van der Waals surface area contributed by atoms with Gasteiger partial charge in [-0.25, -0.2) is 9.97 Å². The number of hydrogen-bond donors (Lipinski definition) is 3. The number of fused-ring (bicyclic) bond motifs is 3. The first-order valence-corrected chi connectivity index (χ1v) is 14.4. The second kappa shape index (κ2) is 13.3. The third-order valence-corrected chi connectivity index (χ3v) is 7.68. The van der Waals surface area contributed by atoms with E-state index in [9.17, 15) is 19.2 Å². The van der Waals surface area contributed by atoms with Crippen LogP contribution in [-0.4, -0.2) is 101 Å². The monoisotopic (exact) mass is 587 g/mol. The summed E-state index contributed by atoms with van der Waals surface area (Å²) in [5.74, 6) is -1.74. The van der Waals surface area contributed by atoms with E-state index in [4.69, 9.17) is 14.7 Å². The molecule has 0 saturated carbocycles. The van der Waals surface area contributed by atoms with E-state index in [0.29, 0.717) is 13.1 Å². The Bertz CT molecular complexity index is 1500. The number of morpholine rings is 1. The van der Waals surface area contributed by atoms with Crippen LogP contribution in [-0.2, 0) is 36.9 Å². The van der Waals surface area contributed by atoms with Gasteiger partial charge in [-0.3, -0.25) is 24.1 Å². The highest BCUT2D eigenvalue weighted by molar-refractivity contribution is 5.93. The zero-order chi connectivity index (χ0) is 30.5. The number of rotatable bonds is 4. The third kappa shape index (κ3) is 7.51. The van der Waals surface area contributed by atoms with Crippen molar-refractivity contribution in [1.29, 1.82) is 0 Å². The van der Waals surface area contributed by atoms with Crippen LogP contribution in [0, 0.1) is 6.92 Å². The molecular weight excluding hydrogens is 550 g/mol. The molecular formula is C31H37N7O5. The highest BCUT2D eigenvalue weighted by Crippen LogP contribution is 2.19. The summed E-state index contributed by atoms with van der Waals surface area (Å²) in [5, 5.41) is 8.37. The number of likely N-dealkylation sites (N-methyl/N-ethyl adjacent to an activating group) is 1. The number of carbonyl (C=O) groups excluding carboxylic acids is 4. The molecule has 12 nitrogen and oxygen atoms in total. The van der Waals surface area contributed by atoms with Gasteiger partial charge in [0.1, 0.15) is 18.2 Å². The Morgan fingerprint density at radius 2 is 1.60 bits per heavy atom. The van der Waals surface area contributed by atoms with Gasteiger partial charge >= 0.3 is 0 Å². The van der Waals surface area contributed by atoms with Crippen LogP contribution in [0.4, 0.5) is 0 Å². The van der Waals surface area contributed by atoms with Crippen molar-refractivity contribution in [2.75, 3.05) is 33.2 Å². The van der Waals surface area contributed by atoms with Crippen molar-refractivity contribution < 1.29 is 23.9 Å². The quantitative estimate of drug-likeness (QED) is 0.396. The van der Waals surface area contributed by atoms with Crippen LogP contribution in [0.1, 0.15) is 23.9 Å². The molecule has 4 amide bonds. The van der Waals surface area contributed by atoms with Crippen LogP contribution in [0.25, 0.3) is 11.0 Å². The Kier molecular flexibility index (Phi) is 9.27. The zero-order valence-electron chi connectivity index (χ0n) is 24.6. The number of aromatic nitrogens is 2. The molecule has 2 aliphatic rings. The average molecular weight is 588 g/mol. The number of aryl methyl sites for hydroxylation is 1. The van der Waals surface area contributed by atoms with Crippen molar-refractivity contribution in [2.45, 2.75) is 51.1 Å². The molecule has 0 radical (unpaired) electrons. The molecule has 2 aromatic carbocycles. The predicted octanol–water partition coefficient (Wildman–Crippen LogP) is 0.328. The first-order valence-electron chi connectivity index (χ1n) is 14.4. The number of hydrogen-bond acceptors (Lipinski definition) is 8. The van der Waals surface area contributed by atoms with Gasteiger partial charge in [-0.15, -0.1) is 0 Å². The van der Waals surface area contributed by atoms with E-state index < -0.39 is 47.9 Å². The zero-order valence-corrected chi connectivity index (χ0v) is 24.6. The van der Waals surface area contributed by atoms with Gasteiger partial charge in [0, 0.05) is 39.6 Å². The molecule has 3 aromatic rings. The maximum absolute atomic E-state index is 13.7. The fraction of sp³-hybridized carbons (Fsp3) is 0.419. The summed E-state index contributed by atoms with van der Waals surface area (Å²) in [4.78, 5) is 65.5. The van der Waals surface area contributed by atoms with Crippen molar-refractivity contribution in [3.05, 3.63) is 71.5 Å². The van der Waals surface area contributed by atoms with E-state index in [-0.39, 0.29) is 26.1 Å². The molecule has 3 N–H and O–H groups in total. The molecule has 226 valence electrons. The van der Waals surface area contributed by atoms with E-state index in [1.54, 1.807) is 6.92 Å². The van der Waals surface area contributed by atoms with E-state index in [1.165, 1.54) is 11.9 Å². The average Bonchev–Trinajstić information content (AvgIpc) is 2.99. The summed E-state index contributed by atoms with van der Waals surface area (Å²) in [5.41, 5.74) is 4.01. The maximum Gasteiger partial charge on any atom is 0.251 e. The van der Waals surface area contributed by atoms with Crippen LogP contribution < -0.4 is 16.0 Å². The summed E-state index contributed by atoms with van der Waals surface area (Å²) in [7, 11) is 1.50. The highest BCUT2D eigenvalue weighted by Gasteiger charge is 2.36. The lowest BCUT2D eigenvalue weighted by molar-refractivity contribution is -0.150. The fourth-order valence-corrected chi connectivity index (χ4v) is 5.38. The first-order chi connectivity index (χ1) is 20.7. The Balaban J connectivity index is 1.42. The number of nitrogens with zero attached hydrogens (tertiary/aromatic N) is 4. The van der Waals surface area contributed by atoms with Gasteiger partial charge in [-0.2, -0.15) is 0 Å². The lowest BCUT2D eigenvalue weighted by Gasteiger charge is -2.38. The summed E-state index contributed by atoms with van der Waals surface area (Å²) in [6.07, 6.45) is -1.20. The molecule has 4 atom stereocenters. The van der Waals surface area contributed by atoms with Crippen molar-refractivity contribution in [3.63, 3.8) is 0 Å². The van der Waals surface area contributed by atoms with Crippen LogP contribution in [0.2, 0.25) is 0 Å². The number of para-hydroxylation sites is 2. The second-order valence-corrected chi connectivity index (χ2v) is 11.2. The van der Waals surface area contributed by atoms with E-state index >= 15 is 0 Å². The van der Waals surface area contributed by atoms with Crippen LogP contribution in [0.5, 0.6) is 0 Å². The van der Waals surface area contributed by atoms with Gasteiger partial charge in [0.05, 0.1) is 35.1 Å². The van der Waals surface area contributed by atoms with E-state index in [1.807, 2.05) is 61.5 Å². The van der Waals surface area contributed by atoms with Crippen molar-refractivity contribution >= 4 is 34.7 Å². The number of benzene rings is 2. The Morgan fingerprint density at radius 1 is 0.907 bits per heavy atom. The minimum atomic E-state index is -0.930. The summed E-state index contributed by atoms with van der Waals surface area (Å²) >= 11 is 0. The van der Waals surface area contributed by atoms with E-state index in [2.05, 4.69) is 20.9 Å². The SMILES string of the molecule is Cc1nc2ccccc2nc1CN1C[C@@H]2CNC(=O)[C@@H](C)NC(=O)CN(C)C(=O)[C@@H](Cc3ccccc3)NC(=O)[C@@H](C1)O2. The van der Waals surface area contributed by atoms with Gasteiger partial charge in [-0.1, -0.05) is 42.5 Å². The molecule has 43 heavy (non-hydrogen) atoms. The maximum atomic E-state index is 13.7. The van der Waals surface area contributed by atoms with Gasteiger partial charge in [0.15, 0.2) is 0 Å². The molecule has 12 heteroatoms. The van der Waals surface area contributed by atoms with Crippen molar-refractivity contribution in [3.8, 4) is 0 Å². The van der Waals surface area contributed by atoms with Gasteiger partial charge in [-0.05, 0) is 31.5 Å². The second-order valence-electron chi connectivity index (χ2n) is 11.2. The predicted molar refractivity (Wildman–Crippen MR) is 159 cm³/mol. The smallest absolute Gasteiger partial charge is 0.251 e. The number of nitrogens with one attached hydrogen (secondary N) is 3. The molecule has 0 aliphatic carbocycles. The molecule has 2 bridgehead atoms. The molecule has 3 heterocycles. The number of carbonyl (C=O) groups is 4. The summed E-state index contributed by atoms with van der Waals surface area (Å²) < 4.78 is 6.19. The highest BCUT2D eigenvalue weighted by atomic mass is 16.5. The van der Waals surface area contributed by atoms with Crippen LogP contribution >= 0.6 is 0 Å². The lowest BCUT2D eigenvalue weighted by atomic mass is 10.0. The van der Waals surface area contributed by atoms with Crippen molar-refractivity contribution in [2.24, 2.45) is 0 Å². The normalized spacial score (nSPS) is 24.5. The number of amides is 4. The van der Waals surface area contributed by atoms with Crippen LogP contribution in [0.3, 0.4) is 0 Å². The topological polar surface area (TPSA) is 146 Å². The van der Waals surface area contributed by atoms with Crippen molar-refractivity contribution in [1.82, 2.24) is 35.7 Å². The minimum Gasteiger partial charge on any atom is -0.361 e. The van der Waals surface area contributed by atoms with Gasteiger partial charge in [0.25, 0.3) is 5.91 Å². The largest absolute Gasteiger partial charge is 0.361 e.